The lowest BCUT2D eigenvalue weighted by Crippen LogP contribution is -2.47. The van der Waals surface area contributed by atoms with Gasteiger partial charge in [-0.2, -0.15) is 0 Å². The fraction of sp³-hybridized carbons (Fsp3) is 0.423. The average molecular weight is 513 g/mol. The zero-order valence-electron chi connectivity index (χ0n) is 21.2. The minimum Gasteiger partial charge on any atom is -0.493 e. The van der Waals surface area contributed by atoms with Gasteiger partial charge in [0.25, 0.3) is 0 Å². The smallest absolute Gasteiger partial charge is 0.338 e. The molecule has 0 saturated carbocycles. The number of likely N-dealkylation sites (N-methyl/N-ethyl adjacent to an activating group) is 1. The van der Waals surface area contributed by atoms with Crippen LogP contribution in [0.2, 0.25) is 0 Å². The highest BCUT2D eigenvalue weighted by molar-refractivity contribution is 8.16. The molecule has 4 rings (SSSR count). The monoisotopic (exact) mass is 512 g/mol. The molecular formula is C26H32N4O5S. The van der Waals surface area contributed by atoms with Crippen molar-refractivity contribution in [2.45, 2.75) is 19.4 Å². The molecule has 1 aromatic rings. The number of piperazine rings is 1. The molecule has 1 aromatic carbocycles. The Bertz CT molecular complexity index is 1140. The number of esters is 1. The van der Waals surface area contributed by atoms with Crippen molar-refractivity contribution in [1.82, 2.24) is 14.7 Å². The highest BCUT2D eigenvalue weighted by Crippen LogP contribution is 2.46. The SMILES string of the molecule is C=CCOC(=O)C1=C(C)N=C2SC=C(CC(=O)N3CCN(C)CC3)N2C1c1ccc(OC)c(OC)c1. The summed E-state index contributed by atoms with van der Waals surface area (Å²) in [4.78, 5) is 37.2. The molecule has 9 nitrogen and oxygen atoms in total. The fourth-order valence-electron chi connectivity index (χ4n) is 4.50. The van der Waals surface area contributed by atoms with Crippen LogP contribution in [-0.2, 0) is 14.3 Å². The van der Waals surface area contributed by atoms with Crippen LogP contribution in [0, 0.1) is 0 Å². The van der Waals surface area contributed by atoms with Gasteiger partial charge in [-0.05, 0) is 37.1 Å². The molecule has 3 heterocycles. The topological polar surface area (TPSA) is 83.9 Å². The molecule has 0 spiro atoms. The first-order valence-electron chi connectivity index (χ1n) is 11.8. The highest BCUT2D eigenvalue weighted by atomic mass is 32.2. The highest BCUT2D eigenvalue weighted by Gasteiger charge is 2.41. The van der Waals surface area contributed by atoms with Gasteiger partial charge in [0.1, 0.15) is 6.61 Å². The van der Waals surface area contributed by atoms with Crippen LogP contribution in [0.3, 0.4) is 0 Å². The summed E-state index contributed by atoms with van der Waals surface area (Å²) in [5, 5.41) is 2.67. The van der Waals surface area contributed by atoms with Crippen LogP contribution in [0.4, 0.5) is 0 Å². The first-order valence-corrected chi connectivity index (χ1v) is 12.7. The Morgan fingerprint density at radius 1 is 1.17 bits per heavy atom. The maximum Gasteiger partial charge on any atom is 0.338 e. The molecule has 0 N–H and O–H groups in total. The second-order valence-corrected chi connectivity index (χ2v) is 9.59. The lowest BCUT2D eigenvalue weighted by Gasteiger charge is -2.37. The van der Waals surface area contributed by atoms with E-state index in [0.29, 0.717) is 41.0 Å². The van der Waals surface area contributed by atoms with E-state index >= 15 is 0 Å². The van der Waals surface area contributed by atoms with Gasteiger partial charge < -0.3 is 28.9 Å². The summed E-state index contributed by atoms with van der Waals surface area (Å²) in [7, 11) is 5.21. The fourth-order valence-corrected chi connectivity index (χ4v) is 5.47. The third kappa shape index (κ3) is 5.15. The van der Waals surface area contributed by atoms with Crippen molar-refractivity contribution in [2.75, 3.05) is 54.1 Å². The molecule has 0 bridgehead atoms. The number of fused-ring (bicyclic) bond motifs is 1. The number of nitrogens with zero attached hydrogens (tertiary/aromatic N) is 4. The first kappa shape index (κ1) is 25.8. The van der Waals surface area contributed by atoms with E-state index < -0.39 is 12.0 Å². The third-order valence-corrected chi connectivity index (χ3v) is 7.35. The van der Waals surface area contributed by atoms with Crippen LogP contribution in [0.1, 0.15) is 24.9 Å². The van der Waals surface area contributed by atoms with E-state index in [0.717, 1.165) is 24.4 Å². The van der Waals surface area contributed by atoms with Crippen LogP contribution in [-0.4, -0.2) is 85.8 Å². The number of carbonyl (C=O) groups excluding carboxylic acids is 2. The van der Waals surface area contributed by atoms with E-state index in [9.17, 15) is 9.59 Å². The van der Waals surface area contributed by atoms with Crippen molar-refractivity contribution in [2.24, 2.45) is 4.99 Å². The Morgan fingerprint density at radius 2 is 1.89 bits per heavy atom. The van der Waals surface area contributed by atoms with Crippen molar-refractivity contribution < 1.29 is 23.8 Å². The molecule has 10 heteroatoms. The number of aliphatic imine (C=N–C) groups is 1. The van der Waals surface area contributed by atoms with Crippen LogP contribution >= 0.6 is 11.8 Å². The van der Waals surface area contributed by atoms with Crippen molar-refractivity contribution in [3.8, 4) is 11.5 Å². The molecule has 192 valence electrons. The lowest BCUT2D eigenvalue weighted by molar-refractivity contribution is -0.138. The zero-order chi connectivity index (χ0) is 25.8. The summed E-state index contributed by atoms with van der Waals surface area (Å²) in [5.74, 6) is 0.710. The van der Waals surface area contributed by atoms with Crippen molar-refractivity contribution in [1.29, 1.82) is 0 Å². The molecule has 0 aromatic heterocycles. The predicted octanol–water partition coefficient (Wildman–Crippen LogP) is 3.17. The number of benzene rings is 1. The Balaban J connectivity index is 1.71. The normalized spacial score (nSPS) is 19.9. The Kier molecular flexibility index (Phi) is 8.05. The number of hydrogen-bond donors (Lipinski definition) is 0. The molecular weight excluding hydrogens is 480 g/mol. The summed E-state index contributed by atoms with van der Waals surface area (Å²) in [6.45, 7) is 8.64. The van der Waals surface area contributed by atoms with E-state index in [2.05, 4.69) is 18.5 Å². The second kappa shape index (κ2) is 11.2. The Hall–Kier alpha value is -3.24. The quantitative estimate of drug-likeness (QED) is 0.388. The first-order chi connectivity index (χ1) is 17.4. The number of hydrogen-bond acceptors (Lipinski definition) is 9. The molecule has 1 amide bonds. The Morgan fingerprint density at radius 3 is 2.56 bits per heavy atom. The number of thioether (sulfide) groups is 1. The van der Waals surface area contributed by atoms with E-state index in [1.165, 1.54) is 17.8 Å². The Labute approximate surface area is 216 Å². The molecule has 3 aliphatic heterocycles. The number of allylic oxidation sites excluding steroid dienone is 1. The van der Waals surface area contributed by atoms with Gasteiger partial charge in [0, 0.05) is 31.9 Å². The van der Waals surface area contributed by atoms with Crippen LogP contribution in [0.25, 0.3) is 0 Å². The van der Waals surface area contributed by atoms with Crippen molar-refractivity contribution in [3.63, 3.8) is 0 Å². The molecule has 3 aliphatic rings. The van der Waals surface area contributed by atoms with Crippen LogP contribution in [0.15, 0.2) is 58.2 Å². The largest absolute Gasteiger partial charge is 0.493 e. The minimum atomic E-state index is -0.545. The molecule has 36 heavy (non-hydrogen) atoms. The average Bonchev–Trinajstić information content (AvgIpc) is 3.27. The number of amidine groups is 1. The van der Waals surface area contributed by atoms with Gasteiger partial charge in [-0.25, -0.2) is 9.79 Å². The number of methoxy groups -OCH3 is 2. The zero-order valence-corrected chi connectivity index (χ0v) is 22.0. The van der Waals surface area contributed by atoms with E-state index in [4.69, 9.17) is 19.2 Å². The van der Waals surface area contributed by atoms with Gasteiger partial charge >= 0.3 is 5.97 Å². The summed E-state index contributed by atoms with van der Waals surface area (Å²) in [5.41, 5.74) is 2.57. The standard InChI is InChI=1S/C26H32N4O5S/c1-6-13-35-25(32)23-17(2)27-26-30(24(23)18-7-8-20(33-4)21(14-18)34-5)19(16-36-26)15-22(31)29-11-9-28(3)10-12-29/h6-8,14,16,24H,1,9-13,15H2,2-5H3. The number of carbonyl (C=O) groups is 2. The lowest BCUT2D eigenvalue weighted by atomic mass is 9.93. The van der Waals surface area contributed by atoms with E-state index in [1.807, 2.05) is 33.4 Å². The van der Waals surface area contributed by atoms with Crippen molar-refractivity contribution >= 4 is 28.8 Å². The van der Waals surface area contributed by atoms with Crippen molar-refractivity contribution in [3.05, 3.63) is 58.8 Å². The molecule has 1 fully saturated rings. The predicted molar refractivity (Wildman–Crippen MR) is 140 cm³/mol. The molecule has 1 saturated heterocycles. The van der Waals surface area contributed by atoms with Gasteiger partial charge in [-0.3, -0.25) is 4.79 Å². The van der Waals surface area contributed by atoms with Gasteiger partial charge in [-0.15, -0.1) is 0 Å². The summed E-state index contributed by atoms with van der Waals surface area (Å²) >= 11 is 1.45. The van der Waals surface area contributed by atoms with Gasteiger partial charge in [0.15, 0.2) is 16.7 Å². The molecule has 0 aliphatic carbocycles. The maximum absolute atomic E-state index is 13.2. The number of ether oxygens (including phenoxy) is 3. The van der Waals surface area contributed by atoms with Gasteiger partial charge in [0.05, 0.1) is 38.0 Å². The van der Waals surface area contributed by atoms with E-state index in [1.54, 1.807) is 21.1 Å². The maximum atomic E-state index is 13.2. The van der Waals surface area contributed by atoms with E-state index in [-0.39, 0.29) is 18.9 Å². The molecule has 0 radical (unpaired) electrons. The summed E-state index contributed by atoms with van der Waals surface area (Å²) in [6.07, 6.45) is 1.75. The van der Waals surface area contributed by atoms with Crippen LogP contribution < -0.4 is 9.47 Å². The molecule has 1 atom stereocenters. The molecule has 1 unspecified atom stereocenters. The van der Waals surface area contributed by atoms with Gasteiger partial charge in [-0.1, -0.05) is 30.5 Å². The number of rotatable bonds is 8. The minimum absolute atomic E-state index is 0.0596. The second-order valence-electron chi connectivity index (χ2n) is 8.76. The van der Waals surface area contributed by atoms with Gasteiger partial charge in [0.2, 0.25) is 5.91 Å². The van der Waals surface area contributed by atoms with Crippen LogP contribution in [0.5, 0.6) is 11.5 Å². The summed E-state index contributed by atoms with van der Waals surface area (Å²) in [6, 6.07) is 5.01. The third-order valence-electron chi connectivity index (χ3n) is 6.46. The summed E-state index contributed by atoms with van der Waals surface area (Å²) < 4.78 is 16.4. The number of amides is 1.